The number of hydrogen-bond acceptors (Lipinski definition) is 5. The van der Waals surface area contributed by atoms with Gasteiger partial charge in [-0.1, -0.05) is 0 Å². The van der Waals surface area contributed by atoms with E-state index in [0.29, 0.717) is 24.6 Å². The summed E-state index contributed by atoms with van der Waals surface area (Å²) in [4.78, 5) is 30.0. The largest absolute Gasteiger partial charge is 0.489 e. The summed E-state index contributed by atoms with van der Waals surface area (Å²) in [6.07, 6.45) is 5.57. The third kappa shape index (κ3) is 4.63. The second kappa shape index (κ2) is 8.97. The second-order valence-corrected chi connectivity index (χ2v) is 10.6. The van der Waals surface area contributed by atoms with Crippen molar-refractivity contribution in [1.82, 2.24) is 4.90 Å². The molecule has 6 heteroatoms. The fourth-order valence-corrected chi connectivity index (χ4v) is 4.93. The first-order valence-electron chi connectivity index (χ1n) is 12.5. The summed E-state index contributed by atoms with van der Waals surface area (Å²) < 4.78 is 11.7. The van der Waals surface area contributed by atoms with Gasteiger partial charge in [0.2, 0.25) is 0 Å². The van der Waals surface area contributed by atoms with Gasteiger partial charge in [-0.05, 0) is 95.2 Å². The Hall–Kier alpha value is -3.02. The molecule has 2 aromatic rings. The molecular weight excluding hydrogens is 428 g/mol. The van der Waals surface area contributed by atoms with Crippen LogP contribution < -0.4 is 9.64 Å². The molecule has 0 spiro atoms. The van der Waals surface area contributed by atoms with Crippen LogP contribution in [0.2, 0.25) is 0 Å². The molecule has 5 rings (SSSR count). The van der Waals surface area contributed by atoms with Crippen LogP contribution in [0.4, 0.5) is 11.4 Å². The minimum Gasteiger partial charge on any atom is -0.489 e. The first kappa shape index (κ1) is 22.8. The zero-order chi connectivity index (χ0) is 23.9. The number of esters is 1. The minimum atomic E-state index is -0.526. The van der Waals surface area contributed by atoms with Gasteiger partial charge in [-0.15, -0.1) is 0 Å². The van der Waals surface area contributed by atoms with Gasteiger partial charge in [0.25, 0.3) is 5.91 Å². The number of ether oxygens (including phenoxy) is 2. The van der Waals surface area contributed by atoms with E-state index >= 15 is 0 Å². The molecule has 2 aromatic carbocycles. The normalized spacial score (nSPS) is 18.2. The van der Waals surface area contributed by atoms with Gasteiger partial charge in [0, 0.05) is 29.9 Å². The van der Waals surface area contributed by atoms with E-state index < -0.39 is 5.60 Å². The molecule has 1 aliphatic carbocycles. The predicted molar refractivity (Wildman–Crippen MR) is 132 cm³/mol. The van der Waals surface area contributed by atoms with E-state index in [1.165, 1.54) is 6.42 Å². The summed E-state index contributed by atoms with van der Waals surface area (Å²) in [5.74, 6) is 1.08. The van der Waals surface area contributed by atoms with E-state index in [4.69, 9.17) is 9.47 Å². The zero-order valence-corrected chi connectivity index (χ0v) is 20.4. The van der Waals surface area contributed by atoms with Gasteiger partial charge in [-0.2, -0.15) is 0 Å². The van der Waals surface area contributed by atoms with Crippen LogP contribution in [0.1, 0.15) is 85.1 Å². The van der Waals surface area contributed by atoms with Gasteiger partial charge < -0.3 is 19.3 Å². The Balaban J connectivity index is 1.44. The maximum Gasteiger partial charge on any atom is 0.338 e. The first-order valence-corrected chi connectivity index (χ1v) is 12.5. The molecule has 0 radical (unpaired) electrons. The van der Waals surface area contributed by atoms with Crippen LogP contribution in [0.3, 0.4) is 0 Å². The Morgan fingerprint density at radius 3 is 2.29 bits per heavy atom. The summed E-state index contributed by atoms with van der Waals surface area (Å²) in [7, 11) is 0. The smallest absolute Gasteiger partial charge is 0.338 e. The van der Waals surface area contributed by atoms with E-state index in [2.05, 4.69) is 4.90 Å². The first-order chi connectivity index (χ1) is 16.3. The molecule has 2 fully saturated rings. The van der Waals surface area contributed by atoms with Crippen molar-refractivity contribution in [2.75, 3.05) is 31.1 Å². The second-order valence-electron chi connectivity index (χ2n) is 10.6. The highest BCUT2D eigenvalue weighted by molar-refractivity contribution is 5.98. The molecule has 180 valence electrons. The summed E-state index contributed by atoms with van der Waals surface area (Å²) in [5, 5.41) is 0. The van der Waals surface area contributed by atoms with Crippen LogP contribution in [0, 0.1) is 0 Å². The van der Waals surface area contributed by atoms with Gasteiger partial charge >= 0.3 is 5.97 Å². The number of anilines is 2. The lowest BCUT2D eigenvalue weighted by Crippen LogP contribution is -2.36. The van der Waals surface area contributed by atoms with Crippen LogP contribution in [0.25, 0.3) is 0 Å². The summed E-state index contributed by atoms with van der Waals surface area (Å²) in [6, 6.07) is 11.6. The van der Waals surface area contributed by atoms with E-state index in [-0.39, 0.29) is 11.9 Å². The third-order valence-corrected chi connectivity index (χ3v) is 6.70. The van der Waals surface area contributed by atoms with Crippen LogP contribution in [0.5, 0.6) is 5.75 Å². The number of rotatable bonds is 4. The molecule has 34 heavy (non-hydrogen) atoms. The Morgan fingerprint density at radius 2 is 1.65 bits per heavy atom. The lowest BCUT2D eigenvalue weighted by molar-refractivity contribution is 0.00694. The molecule has 1 amide bonds. The molecule has 1 saturated heterocycles. The van der Waals surface area contributed by atoms with Crippen LogP contribution in [0.15, 0.2) is 36.4 Å². The highest BCUT2D eigenvalue weighted by Gasteiger charge is 2.36. The molecule has 2 aliphatic heterocycles. The van der Waals surface area contributed by atoms with Crippen LogP contribution >= 0.6 is 0 Å². The third-order valence-electron chi connectivity index (χ3n) is 6.70. The monoisotopic (exact) mass is 462 g/mol. The van der Waals surface area contributed by atoms with Crippen LogP contribution in [-0.4, -0.2) is 48.6 Å². The topological polar surface area (TPSA) is 59.1 Å². The molecule has 3 aliphatic rings. The molecule has 0 bridgehead atoms. The fourth-order valence-electron chi connectivity index (χ4n) is 4.93. The maximum atomic E-state index is 13.4. The van der Waals surface area contributed by atoms with Gasteiger partial charge in [0.15, 0.2) is 0 Å². The van der Waals surface area contributed by atoms with Crippen molar-refractivity contribution < 1.29 is 19.1 Å². The summed E-state index contributed by atoms with van der Waals surface area (Å²) in [6.45, 7) is 8.56. The number of carbonyl (C=O) groups excluding carboxylic acids is 2. The number of likely N-dealkylation sites (tertiary alicyclic amines) is 1. The average Bonchev–Trinajstić information content (AvgIpc) is 3.67. The standard InChI is InChI=1S/C28H34N2O4/c1-28(2,3)34-27(32)20-9-11-21(12-10-20)30-17-18-33-25-23(30)14-13-22(24(25)19-7-8-19)26(31)29-15-5-4-6-16-29/h9-14,19H,4-8,15-18H2,1-3H3. The van der Waals surface area contributed by atoms with Crippen molar-refractivity contribution in [3.8, 4) is 5.75 Å². The number of nitrogens with zero attached hydrogens (tertiary/aromatic N) is 2. The maximum absolute atomic E-state index is 13.4. The van der Waals surface area contributed by atoms with E-state index in [1.54, 1.807) is 0 Å². The highest BCUT2D eigenvalue weighted by atomic mass is 16.6. The molecule has 0 unspecified atom stereocenters. The predicted octanol–water partition coefficient (Wildman–Crippen LogP) is 5.68. The Morgan fingerprint density at radius 1 is 0.941 bits per heavy atom. The lowest BCUT2D eigenvalue weighted by atomic mass is 9.97. The molecular formula is C28H34N2O4. The number of piperidine rings is 1. The summed E-state index contributed by atoms with van der Waals surface area (Å²) >= 11 is 0. The number of hydrogen-bond donors (Lipinski definition) is 0. The molecule has 0 atom stereocenters. The molecule has 0 N–H and O–H groups in total. The van der Waals surface area contributed by atoms with Crippen LogP contribution in [-0.2, 0) is 4.74 Å². The van der Waals surface area contributed by atoms with E-state index in [9.17, 15) is 9.59 Å². The zero-order valence-electron chi connectivity index (χ0n) is 20.4. The summed E-state index contributed by atoms with van der Waals surface area (Å²) in [5.41, 5.74) is 3.89. The Kier molecular flexibility index (Phi) is 6.00. The fraction of sp³-hybridized carbons (Fsp3) is 0.500. The SMILES string of the molecule is CC(C)(C)OC(=O)c1ccc(N2CCOc3c2ccc(C(=O)N2CCCCC2)c3C2CC2)cc1. The average molecular weight is 463 g/mol. The van der Waals surface area contributed by atoms with E-state index in [0.717, 1.165) is 67.0 Å². The van der Waals surface area contributed by atoms with Gasteiger partial charge in [0.05, 0.1) is 17.8 Å². The number of fused-ring (bicyclic) bond motifs is 1. The Bertz CT molecular complexity index is 1080. The number of benzene rings is 2. The Labute approximate surface area is 201 Å². The van der Waals surface area contributed by atoms with Crippen molar-refractivity contribution in [2.24, 2.45) is 0 Å². The molecule has 6 nitrogen and oxygen atoms in total. The molecule has 2 heterocycles. The van der Waals surface area contributed by atoms with Crippen molar-refractivity contribution >= 4 is 23.3 Å². The van der Waals surface area contributed by atoms with Crippen molar-refractivity contribution in [3.63, 3.8) is 0 Å². The van der Waals surface area contributed by atoms with Gasteiger partial charge in [-0.25, -0.2) is 4.79 Å². The van der Waals surface area contributed by atoms with Crippen molar-refractivity contribution in [2.45, 2.75) is 64.4 Å². The van der Waals surface area contributed by atoms with Gasteiger partial charge in [-0.3, -0.25) is 4.79 Å². The van der Waals surface area contributed by atoms with E-state index in [1.807, 2.05) is 62.1 Å². The number of amides is 1. The van der Waals surface area contributed by atoms with Crippen molar-refractivity contribution in [1.29, 1.82) is 0 Å². The lowest BCUT2D eigenvalue weighted by Gasteiger charge is -2.34. The highest BCUT2D eigenvalue weighted by Crippen LogP contribution is 2.51. The quantitative estimate of drug-likeness (QED) is 0.548. The number of carbonyl (C=O) groups is 2. The van der Waals surface area contributed by atoms with Crippen molar-refractivity contribution in [3.05, 3.63) is 53.1 Å². The molecule has 0 aromatic heterocycles. The molecule has 1 saturated carbocycles. The minimum absolute atomic E-state index is 0.145. The van der Waals surface area contributed by atoms with Gasteiger partial charge in [0.1, 0.15) is 18.0 Å².